The third kappa shape index (κ3) is 2.05. The van der Waals surface area contributed by atoms with Gasteiger partial charge in [-0.2, -0.15) is 0 Å². The summed E-state index contributed by atoms with van der Waals surface area (Å²) in [5.74, 6) is 0. The number of benzene rings is 1. The molecule has 0 atom stereocenters. The van der Waals surface area contributed by atoms with E-state index in [1.165, 1.54) is 0 Å². The van der Waals surface area contributed by atoms with Crippen LogP contribution in [0.4, 0.5) is 0 Å². The molecule has 1 aromatic carbocycles. The Bertz CT molecular complexity index is 558. The number of hydrogen-bond acceptors (Lipinski definition) is 4. The van der Waals surface area contributed by atoms with Crippen molar-refractivity contribution in [3.8, 4) is 0 Å². The average molecular weight is 267 g/mol. The van der Waals surface area contributed by atoms with Crippen LogP contribution in [0, 0.1) is 5.41 Å². The molecule has 2 heterocycles. The van der Waals surface area contributed by atoms with Gasteiger partial charge in [0.05, 0.1) is 4.90 Å². The van der Waals surface area contributed by atoms with Gasteiger partial charge in [-0.25, -0.2) is 13.6 Å². The summed E-state index contributed by atoms with van der Waals surface area (Å²) in [5.41, 5.74) is 1.25. The Kier molecular flexibility index (Phi) is 2.71. The van der Waals surface area contributed by atoms with Crippen molar-refractivity contribution in [2.75, 3.05) is 26.2 Å². The van der Waals surface area contributed by atoms with Crippen LogP contribution in [0.3, 0.4) is 0 Å². The van der Waals surface area contributed by atoms with E-state index in [0.717, 1.165) is 31.7 Å². The van der Waals surface area contributed by atoms with Crippen LogP contribution < -0.4 is 10.5 Å². The molecule has 3 N–H and O–H groups in total. The van der Waals surface area contributed by atoms with Crippen LogP contribution >= 0.6 is 0 Å². The van der Waals surface area contributed by atoms with Crippen molar-refractivity contribution in [2.24, 2.45) is 10.6 Å². The van der Waals surface area contributed by atoms with Crippen molar-refractivity contribution in [2.45, 2.75) is 11.4 Å². The van der Waals surface area contributed by atoms with Gasteiger partial charge >= 0.3 is 0 Å². The third-order valence-corrected chi connectivity index (χ3v) is 4.80. The molecule has 2 fully saturated rings. The molecule has 5 nitrogen and oxygen atoms in total. The maximum atomic E-state index is 11.5. The van der Waals surface area contributed by atoms with Crippen molar-refractivity contribution in [3.63, 3.8) is 0 Å². The first-order valence-electron chi connectivity index (χ1n) is 6.02. The van der Waals surface area contributed by atoms with Gasteiger partial charge in [-0.15, -0.1) is 0 Å². The average Bonchev–Trinajstić information content (AvgIpc) is 2.19. The summed E-state index contributed by atoms with van der Waals surface area (Å²) in [7, 11) is -3.62. The Morgan fingerprint density at radius 2 is 1.94 bits per heavy atom. The molecule has 0 aromatic heterocycles. The highest BCUT2D eigenvalue weighted by atomic mass is 32.2. The Labute approximate surface area is 107 Å². The van der Waals surface area contributed by atoms with Gasteiger partial charge < -0.3 is 5.32 Å². The lowest BCUT2D eigenvalue weighted by Gasteiger charge is -2.56. The van der Waals surface area contributed by atoms with Crippen LogP contribution in [0.2, 0.25) is 0 Å². The number of primary sulfonamides is 1. The standard InChI is InChI=1S/C12H17N3O2S/c13-18(16,17)11-4-2-1-3-10(11)5-15-8-12(9-15)6-14-7-12/h1-4,14H,5-9H2,(H2,13,16,17). The summed E-state index contributed by atoms with van der Waals surface area (Å²) in [5, 5.41) is 8.51. The molecule has 0 radical (unpaired) electrons. The predicted octanol–water partition coefficient (Wildman–Crippen LogP) is -0.261. The number of hydrogen-bond donors (Lipinski definition) is 2. The van der Waals surface area contributed by atoms with E-state index < -0.39 is 10.0 Å². The van der Waals surface area contributed by atoms with Crippen molar-refractivity contribution in [1.82, 2.24) is 10.2 Å². The van der Waals surface area contributed by atoms with Crippen LogP contribution in [0.25, 0.3) is 0 Å². The highest BCUT2D eigenvalue weighted by Crippen LogP contribution is 2.35. The van der Waals surface area contributed by atoms with Crippen LogP contribution in [0.15, 0.2) is 29.2 Å². The molecule has 0 amide bonds. The quantitative estimate of drug-likeness (QED) is 0.791. The second-order valence-corrected chi connectivity index (χ2v) is 6.93. The number of rotatable bonds is 3. The van der Waals surface area contributed by atoms with Gasteiger partial charge in [-0.05, 0) is 11.6 Å². The fourth-order valence-corrected chi connectivity index (χ4v) is 3.64. The van der Waals surface area contributed by atoms with Gasteiger partial charge in [-0.3, -0.25) is 4.90 Å². The number of likely N-dealkylation sites (tertiary alicyclic amines) is 1. The summed E-state index contributed by atoms with van der Waals surface area (Å²) < 4.78 is 23.0. The van der Waals surface area contributed by atoms with E-state index in [0.29, 0.717) is 12.0 Å². The van der Waals surface area contributed by atoms with Gasteiger partial charge in [0, 0.05) is 38.1 Å². The molecule has 0 aliphatic carbocycles. The van der Waals surface area contributed by atoms with Crippen molar-refractivity contribution >= 4 is 10.0 Å². The summed E-state index contributed by atoms with van der Waals surface area (Å²) in [6.07, 6.45) is 0. The fraction of sp³-hybridized carbons (Fsp3) is 0.500. The van der Waals surface area contributed by atoms with E-state index in [-0.39, 0.29) is 4.90 Å². The largest absolute Gasteiger partial charge is 0.315 e. The fourth-order valence-electron chi connectivity index (χ4n) is 2.87. The Balaban J connectivity index is 1.74. The SMILES string of the molecule is NS(=O)(=O)c1ccccc1CN1CC2(CNC2)C1. The molecule has 2 aliphatic rings. The zero-order valence-electron chi connectivity index (χ0n) is 10.1. The molecule has 6 heteroatoms. The van der Waals surface area contributed by atoms with E-state index in [2.05, 4.69) is 10.2 Å². The smallest absolute Gasteiger partial charge is 0.238 e. The molecule has 0 saturated carbocycles. The zero-order valence-corrected chi connectivity index (χ0v) is 10.9. The second kappa shape index (κ2) is 4.03. The normalized spacial score (nSPS) is 22.5. The van der Waals surface area contributed by atoms with E-state index in [1.807, 2.05) is 12.1 Å². The minimum absolute atomic E-state index is 0.248. The van der Waals surface area contributed by atoms with E-state index in [4.69, 9.17) is 5.14 Å². The third-order valence-electron chi connectivity index (χ3n) is 3.79. The first-order valence-corrected chi connectivity index (χ1v) is 7.57. The van der Waals surface area contributed by atoms with Crippen molar-refractivity contribution < 1.29 is 8.42 Å². The maximum Gasteiger partial charge on any atom is 0.238 e. The lowest BCUT2D eigenvalue weighted by molar-refractivity contribution is -0.0448. The molecule has 98 valence electrons. The van der Waals surface area contributed by atoms with E-state index >= 15 is 0 Å². The minimum Gasteiger partial charge on any atom is -0.315 e. The Morgan fingerprint density at radius 3 is 2.50 bits per heavy atom. The zero-order chi connectivity index (χ0) is 12.8. The minimum atomic E-state index is -3.62. The Hall–Kier alpha value is -0.950. The van der Waals surface area contributed by atoms with Crippen LogP contribution in [-0.2, 0) is 16.6 Å². The first kappa shape index (κ1) is 12.1. The van der Waals surface area contributed by atoms with E-state index in [9.17, 15) is 8.42 Å². The van der Waals surface area contributed by atoms with Gasteiger partial charge in [0.15, 0.2) is 0 Å². The summed E-state index contributed by atoms with van der Waals surface area (Å²) in [6.45, 7) is 4.91. The van der Waals surface area contributed by atoms with Gasteiger partial charge in [0.1, 0.15) is 0 Å². The van der Waals surface area contributed by atoms with Crippen molar-refractivity contribution in [3.05, 3.63) is 29.8 Å². The molecule has 1 aromatic rings. The van der Waals surface area contributed by atoms with Gasteiger partial charge in [0.2, 0.25) is 10.0 Å². The number of nitrogens with two attached hydrogens (primary N) is 1. The summed E-state index contributed by atoms with van der Waals surface area (Å²) in [6, 6.07) is 6.97. The van der Waals surface area contributed by atoms with Gasteiger partial charge in [0.25, 0.3) is 0 Å². The number of sulfonamides is 1. The highest BCUT2D eigenvalue weighted by Gasteiger charge is 2.47. The highest BCUT2D eigenvalue weighted by molar-refractivity contribution is 7.89. The first-order chi connectivity index (χ1) is 8.49. The predicted molar refractivity (Wildman–Crippen MR) is 68.4 cm³/mol. The van der Waals surface area contributed by atoms with Gasteiger partial charge in [-0.1, -0.05) is 18.2 Å². The molecule has 3 rings (SSSR count). The van der Waals surface area contributed by atoms with E-state index in [1.54, 1.807) is 12.1 Å². The van der Waals surface area contributed by atoms with Crippen molar-refractivity contribution in [1.29, 1.82) is 0 Å². The molecular weight excluding hydrogens is 250 g/mol. The van der Waals surface area contributed by atoms with Crippen LogP contribution in [0.1, 0.15) is 5.56 Å². The number of nitrogens with one attached hydrogen (secondary N) is 1. The van der Waals surface area contributed by atoms with Crippen LogP contribution in [-0.4, -0.2) is 39.5 Å². The molecule has 1 spiro atoms. The topological polar surface area (TPSA) is 75.4 Å². The maximum absolute atomic E-state index is 11.5. The molecule has 2 aliphatic heterocycles. The molecule has 2 saturated heterocycles. The molecule has 0 unspecified atom stereocenters. The number of nitrogens with zero attached hydrogens (tertiary/aromatic N) is 1. The monoisotopic (exact) mass is 267 g/mol. The second-order valence-electron chi connectivity index (χ2n) is 5.40. The lowest BCUT2D eigenvalue weighted by Crippen LogP contribution is -2.70. The molecule has 0 bridgehead atoms. The lowest BCUT2D eigenvalue weighted by atomic mass is 9.74. The summed E-state index contributed by atoms with van der Waals surface area (Å²) in [4.78, 5) is 2.52. The molecule has 18 heavy (non-hydrogen) atoms. The summed E-state index contributed by atoms with van der Waals surface area (Å²) >= 11 is 0. The Morgan fingerprint density at radius 1 is 1.28 bits per heavy atom. The molecular formula is C12H17N3O2S. The van der Waals surface area contributed by atoms with Crippen LogP contribution in [0.5, 0.6) is 0 Å².